The van der Waals surface area contributed by atoms with Crippen LogP contribution in [-0.2, 0) is 20.9 Å². The summed E-state index contributed by atoms with van der Waals surface area (Å²) in [5.41, 5.74) is 9.76. The van der Waals surface area contributed by atoms with E-state index in [9.17, 15) is 14.4 Å². The summed E-state index contributed by atoms with van der Waals surface area (Å²) in [5.74, 6) is -3.48. The number of carboxylic acid groups (broad SMARTS) is 1. The van der Waals surface area contributed by atoms with Gasteiger partial charge >= 0.3 is 5.97 Å². The number of carbonyl (C=O) groups excluding carboxylic acids is 2. The van der Waals surface area contributed by atoms with Crippen LogP contribution in [0.2, 0.25) is 0 Å². The second-order valence-corrected chi connectivity index (χ2v) is 7.97. The maximum Gasteiger partial charge on any atom is 0.341 e. The normalized spacial score (nSPS) is 16.8. The molecule has 0 bridgehead atoms. The van der Waals surface area contributed by atoms with Crippen LogP contribution in [0.1, 0.15) is 24.0 Å². The molecule has 1 aliphatic rings. The van der Waals surface area contributed by atoms with Gasteiger partial charge in [0.2, 0.25) is 5.78 Å². The molecular formula is C26H24N2O5. The van der Waals surface area contributed by atoms with E-state index in [1.807, 2.05) is 72.5 Å². The number of primary amides is 1. The highest BCUT2D eigenvalue weighted by Gasteiger charge is 2.44. The average molecular weight is 444 g/mol. The van der Waals surface area contributed by atoms with E-state index in [1.54, 1.807) is 12.1 Å². The minimum Gasteiger partial charge on any atom is -0.482 e. The number of benzene rings is 3. The summed E-state index contributed by atoms with van der Waals surface area (Å²) in [5, 5.41) is 9.05. The lowest BCUT2D eigenvalue weighted by molar-refractivity contribution is -0.139. The maximum absolute atomic E-state index is 12.8. The van der Waals surface area contributed by atoms with Crippen LogP contribution >= 0.6 is 0 Å². The van der Waals surface area contributed by atoms with E-state index in [2.05, 4.69) is 0 Å². The van der Waals surface area contributed by atoms with Crippen molar-refractivity contribution in [3.63, 3.8) is 0 Å². The number of nitrogens with zero attached hydrogens (tertiary/aromatic N) is 1. The first-order chi connectivity index (χ1) is 15.9. The Kier molecular flexibility index (Phi) is 6.13. The van der Waals surface area contributed by atoms with Crippen LogP contribution in [0.3, 0.4) is 0 Å². The first kappa shape index (κ1) is 22.1. The molecule has 2 unspecified atom stereocenters. The van der Waals surface area contributed by atoms with E-state index < -0.39 is 36.2 Å². The molecule has 0 fully saturated rings. The number of rotatable bonds is 8. The van der Waals surface area contributed by atoms with E-state index in [-0.39, 0.29) is 5.75 Å². The van der Waals surface area contributed by atoms with Gasteiger partial charge in [0.25, 0.3) is 5.91 Å². The first-order valence-corrected chi connectivity index (χ1v) is 10.6. The van der Waals surface area contributed by atoms with Crippen LogP contribution in [-0.4, -0.2) is 35.4 Å². The van der Waals surface area contributed by atoms with Crippen LogP contribution in [0, 0.1) is 0 Å². The number of Topliss-reactive ketones (excluding diaryl/α,β-unsaturated/α-hetero) is 1. The van der Waals surface area contributed by atoms with Crippen molar-refractivity contribution in [2.24, 2.45) is 5.73 Å². The molecule has 0 aliphatic carbocycles. The van der Waals surface area contributed by atoms with Gasteiger partial charge in [0, 0.05) is 23.8 Å². The topological polar surface area (TPSA) is 110 Å². The molecule has 1 aliphatic heterocycles. The molecule has 1 amide bonds. The van der Waals surface area contributed by atoms with Gasteiger partial charge in [-0.1, -0.05) is 60.7 Å². The number of hydrogen-bond donors (Lipinski definition) is 2. The fourth-order valence-electron chi connectivity index (χ4n) is 4.47. The molecule has 3 aromatic carbocycles. The van der Waals surface area contributed by atoms with E-state index in [4.69, 9.17) is 15.6 Å². The molecule has 0 spiro atoms. The number of carbonyl (C=O) groups is 3. The molecule has 1 heterocycles. The van der Waals surface area contributed by atoms with Crippen LogP contribution in [0.5, 0.6) is 5.75 Å². The van der Waals surface area contributed by atoms with Gasteiger partial charge in [-0.2, -0.15) is 0 Å². The number of carboxylic acids is 1. The van der Waals surface area contributed by atoms with Crippen molar-refractivity contribution >= 4 is 23.3 Å². The van der Waals surface area contributed by atoms with Gasteiger partial charge in [-0.05, 0) is 35.7 Å². The third kappa shape index (κ3) is 4.30. The highest BCUT2D eigenvalue weighted by Crippen LogP contribution is 2.47. The molecule has 3 N–H and O–H groups in total. The van der Waals surface area contributed by atoms with Crippen LogP contribution < -0.4 is 15.4 Å². The second kappa shape index (κ2) is 9.16. The Bertz CT molecular complexity index is 1210. The summed E-state index contributed by atoms with van der Waals surface area (Å²) in [7, 11) is 0. The van der Waals surface area contributed by atoms with E-state index in [0.29, 0.717) is 17.8 Å². The largest absolute Gasteiger partial charge is 0.482 e. The molecule has 7 nitrogen and oxygen atoms in total. The SMILES string of the molecule is CC1C(C(=O)C(N)=O)c2c(OCC(=O)O)cccc2N1Cc1ccccc1-c1ccccc1. The molecule has 3 aromatic rings. The first-order valence-electron chi connectivity index (χ1n) is 10.6. The number of nitrogens with two attached hydrogens (primary N) is 1. The minimum absolute atomic E-state index is 0.264. The highest BCUT2D eigenvalue weighted by atomic mass is 16.5. The van der Waals surface area contributed by atoms with Gasteiger partial charge in [0.1, 0.15) is 5.75 Å². The van der Waals surface area contributed by atoms with Gasteiger partial charge in [0.15, 0.2) is 6.61 Å². The fourth-order valence-corrected chi connectivity index (χ4v) is 4.47. The van der Waals surface area contributed by atoms with Gasteiger partial charge in [-0.15, -0.1) is 0 Å². The van der Waals surface area contributed by atoms with Gasteiger partial charge in [0.05, 0.1) is 5.92 Å². The van der Waals surface area contributed by atoms with Crippen molar-refractivity contribution < 1.29 is 24.2 Å². The van der Waals surface area contributed by atoms with Gasteiger partial charge < -0.3 is 20.5 Å². The molecule has 0 saturated carbocycles. The molecule has 168 valence electrons. The predicted molar refractivity (Wildman–Crippen MR) is 124 cm³/mol. The number of ether oxygens (including phenoxy) is 1. The Labute approximate surface area is 191 Å². The number of anilines is 1. The quantitative estimate of drug-likeness (QED) is 0.516. The zero-order valence-corrected chi connectivity index (χ0v) is 18.1. The number of amides is 1. The summed E-state index contributed by atoms with van der Waals surface area (Å²) in [6, 6.07) is 22.8. The van der Waals surface area contributed by atoms with E-state index >= 15 is 0 Å². The Hall–Kier alpha value is -4.13. The van der Waals surface area contributed by atoms with Crippen molar-refractivity contribution in [3.8, 4) is 16.9 Å². The van der Waals surface area contributed by atoms with Crippen molar-refractivity contribution in [1.82, 2.24) is 0 Å². The summed E-state index contributed by atoms with van der Waals surface area (Å²) in [6.07, 6.45) is 0. The summed E-state index contributed by atoms with van der Waals surface area (Å²) in [6.45, 7) is 1.78. The minimum atomic E-state index is -1.13. The van der Waals surface area contributed by atoms with Crippen molar-refractivity contribution in [2.75, 3.05) is 11.5 Å². The monoisotopic (exact) mass is 444 g/mol. The summed E-state index contributed by atoms with van der Waals surface area (Å²) in [4.78, 5) is 37.8. The summed E-state index contributed by atoms with van der Waals surface area (Å²) >= 11 is 0. The van der Waals surface area contributed by atoms with E-state index in [1.165, 1.54) is 0 Å². The summed E-state index contributed by atoms with van der Waals surface area (Å²) < 4.78 is 5.48. The number of ketones is 1. The Morgan fingerprint density at radius 2 is 1.67 bits per heavy atom. The fraction of sp³-hybridized carbons (Fsp3) is 0.192. The lowest BCUT2D eigenvalue weighted by atomic mass is 9.90. The van der Waals surface area contributed by atoms with Gasteiger partial charge in [-0.25, -0.2) is 4.79 Å². The maximum atomic E-state index is 12.8. The number of aliphatic carboxylic acids is 1. The Balaban J connectivity index is 1.78. The van der Waals surface area contributed by atoms with E-state index in [0.717, 1.165) is 16.7 Å². The van der Waals surface area contributed by atoms with Crippen molar-refractivity contribution in [3.05, 3.63) is 83.9 Å². The number of hydrogen-bond acceptors (Lipinski definition) is 5. The van der Waals surface area contributed by atoms with Crippen LogP contribution in [0.15, 0.2) is 72.8 Å². The van der Waals surface area contributed by atoms with Gasteiger partial charge in [-0.3, -0.25) is 9.59 Å². The molecule has 2 atom stereocenters. The highest BCUT2D eigenvalue weighted by molar-refractivity contribution is 6.38. The Morgan fingerprint density at radius 3 is 2.36 bits per heavy atom. The third-order valence-corrected chi connectivity index (χ3v) is 5.96. The lowest BCUT2D eigenvalue weighted by Crippen LogP contribution is -2.38. The zero-order valence-electron chi connectivity index (χ0n) is 18.1. The molecular weight excluding hydrogens is 420 g/mol. The third-order valence-electron chi connectivity index (χ3n) is 5.96. The molecule has 0 saturated heterocycles. The van der Waals surface area contributed by atoms with Crippen LogP contribution in [0.25, 0.3) is 11.1 Å². The number of fused-ring (bicyclic) bond motifs is 1. The Morgan fingerprint density at radius 1 is 0.970 bits per heavy atom. The molecule has 33 heavy (non-hydrogen) atoms. The van der Waals surface area contributed by atoms with Crippen molar-refractivity contribution in [2.45, 2.75) is 25.4 Å². The molecule has 4 rings (SSSR count). The second-order valence-electron chi connectivity index (χ2n) is 7.97. The standard InChI is InChI=1S/C26H24N2O5/c1-16-23(25(31)26(27)32)24-20(12-7-13-21(24)33-15-22(29)30)28(16)14-18-10-5-6-11-19(18)17-8-3-2-4-9-17/h2-13,16,23H,14-15H2,1H3,(H2,27,32)(H,29,30). The molecule has 0 aromatic heterocycles. The lowest BCUT2D eigenvalue weighted by Gasteiger charge is -2.28. The molecule has 7 heteroatoms. The average Bonchev–Trinajstić information content (AvgIpc) is 3.09. The predicted octanol–water partition coefficient (Wildman–Crippen LogP) is 3.36. The smallest absolute Gasteiger partial charge is 0.341 e. The molecule has 0 radical (unpaired) electrons. The van der Waals surface area contributed by atoms with Crippen LogP contribution in [0.4, 0.5) is 5.69 Å². The zero-order chi connectivity index (χ0) is 23.5. The van der Waals surface area contributed by atoms with Crippen molar-refractivity contribution in [1.29, 1.82) is 0 Å².